The van der Waals surface area contributed by atoms with Crippen LogP contribution in [0.5, 0.6) is 0 Å². The monoisotopic (exact) mass is 494 g/mol. The number of benzene rings is 2. The second-order valence-electron chi connectivity index (χ2n) is 6.69. The zero-order valence-corrected chi connectivity index (χ0v) is 17.7. The summed E-state index contributed by atoms with van der Waals surface area (Å²) in [5.41, 5.74) is -1.14. The van der Waals surface area contributed by atoms with Crippen molar-refractivity contribution in [3.8, 4) is 11.3 Å². The minimum Gasteiger partial charge on any atom is -0.457 e. The highest BCUT2D eigenvalue weighted by molar-refractivity contribution is 8.19. The van der Waals surface area contributed by atoms with Crippen LogP contribution < -0.4 is 4.90 Å². The molecule has 1 aliphatic rings. The van der Waals surface area contributed by atoms with E-state index in [1.165, 1.54) is 36.4 Å². The molecular weight excluding hydrogens is 485 g/mol. The van der Waals surface area contributed by atoms with Gasteiger partial charge in [0.1, 0.15) is 11.5 Å². The van der Waals surface area contributed by atoms with E-state index in [0.717, 1.165) is 12.1 Å². The highest BCUT2D eigenvalue weighted by Gasteiger charge is 2.39. The number of rotatable bonds is 4. The Kier molecular flexibility index (Phi) is 5.76. The van der Waals surface area contributed by atoms with Crippen molar-refractivity contribution >= 4 is 52.0 Å². The number of carbonyl (C=O) groups excluding carboxylic acids is 2. The van der Waals surface area contributed by atoms with Gasteiger partial charge in [0, 0.05) is 23.8 Å². The summed E-state index contributed by atoms with van der Waals surface area (Å²) in [6.07, 6.45) is -3.49. The molecule has 0 N–H and O–H groups in total. The number of hydrogen-bond donors (Lipinski definition) is 0. The average molecular weight is 495 g/mol. The lowest BCUT2D eigenvalue weighted by molar-refractivity contribution is -0.384. The van der Waals surface area contributed by atoms with Gasteiger partial charge in [-0.3, -0.25) is 19.7 Å². The molecular formula is C21H10ClF3N2O5S. The topological polar surface area (TPSA) is 93.7 Å². The van der Waals surface area contributed by atoms with Crippen LogP contribution in [0.25, 0.3) is 17.4 Å². The maximum Gasteiger partial charge on any atom is 0.417 e. The van der Waals surface area contributed by atoms with E-state index in [1.54, 1.807) is 6.07 Å². The summed E-state index contributed by atoms with van der Waals surface area (Å²) in [6, 6.07) is 11.5. The molecule has 1 fully saturated rings. The minimum atomic E-state index is -4.76. The van der Waals surface area contributed by atoms with E-state index in [-0.39, 0.29) is 27.8 Å². The smallest absolute Gasteiger partial charge is 0.417 e. The molecule has 0 spiro atoms. The van der Waals surface area contributed by atoms with Crippen molar-refractivity contribution in [1.82, 2.24) is 0 Å². The van der Waals surface area contributed by atoms with Gasteiger partial charge < -0.3 is 4.42 Å². The van der Waals surface area contributed by atoms with Crippen molar-refractivity contribution < 1.29 is 32.1 Å². The van der Waals surface area contributed by atoms with E-state index in [9.17, 15) is 32.9 Å². The lowest BCUT2D eigenvalue weighted by Crippen LogP contribution is -2.28. The Morgan fingerprint density at radius 2 is 1.85 bits per heavy atom. The van der Waals surface area contributed by atoms with Crippen molar-refractivity contribution in [2.45, 2.75) is 6.18 Å². The van der Waals surface area contributed by atoms with Gasteiger partial charge >= 0.3 is 6.18 Å². The number of furan rings is 1. The van der Waals surface area contributed by atoms with Crippen molar-refractivity contribution in [3.63, 3.8) is 0 Å². The normalized spacial score (nSPS) is 15.5. The molecule has 12 heteroatoms. The summed E-state index contributed by atoms with van der Waals surface area (Å²) < 4.78 is 45.0. The van der Waals surface area contributed by atoms with Crippen LogP contribution >= 0.6 is 23.4 Å². The van der Waals surface area contributed by atoms with Gasteiger partial charge in [0.15, 0.2) is 0 Å². The summed E-state index contributed by atoms with van der Waals surface area (Å²) in [5.74, 6) is -0.362. The molecule has 7 nitrogen and oxygen atoms in total. The highest BCUT2D eigenvalue weighted by Crippen LogP contribution is 2.41. The fourth-order valence-corrected chi connectivity index (χ4v) is 4.09. The first-order chi connectivity index (χ1) is 15.5. The molecule has 0 bridgehead atoms. The third-order valence-electron chi connectivity index (χ3n) is 4.55. The number of nitro benzene ring substituents is 1. The summed E-state index contributed by atoms with van der Waals surface area (Å²) in [4.78, 5) is 36.1. The van der Waals surface area contributed by atoms with E-state index in [1.807, 2.05) is 0 Å². The first-order valence-corrected chi connectivity index (χ1v) is 10.2. The number of anilines is 1. The molecule has 2 heterocycles. The van der Waals surface area contributed by atoms with E-state index >= 15 is 0 Å². The Labute approximate surface area is 192 Å². The molecule has 4 rings (SSSR count). The van der Waals surface area contributed by atoms with Crippen LogP contribution in [0.15, 0.2) is 63.9 Å². The first-order valence-electron chi connectivity index (χ1n) is 9.04. The van der Waals surface area contributed by atoms with Crippen LogP contribution in [0.4, 0.5) is 29.3 Å². The van der Waals surface area contributed by atoms with Crippen LogP contribution in [0.1, 0.15) is 11.3 Å². The van der Waals surface area contributed by atoms with E-state index in [0.29, 0.717) is 28.3 Å². The van der Waals surface area contributed by atoms with Gasteiger partial charge in [-0.2, -0.15) is 13.2 Å². The van der Waals surface area contributed by atoms with E-state index < -0.39 is 32.8 Å². The summed E-state index contributed by atoms with van der Waals surface area (Å²) in [5, 5.41) is 9.61. The molecule has 0 radical (unpaired) electrons. The number of thioether (sulfide) groups is 1. The van der Waals surface area contributed by atoms with Gasteiger partial charge in [-0.25, -0.2) is 4.90 Å². The molecule has 2 amide bonds. The molecule has 0 saturated carbocycles. The van der Waals surface area contributed by atoms with Gasteiger partial charge in [0.25, 0.3) is 16.8 Å². The van der Waals surface area contributed by atoms with Gasteiger partial charge in [-0.15, -0.1) is 0 Å². The predicted octanol–water partition coefficient (Wildman–Crippen LogP) is 6.77. The number of alkyl halides is 3. The lowest BCUT2D eigenvalue weighted by atomic mass is 10.1. The third-order valence-corrected chi connectivity index (χ3v) is 5.75. The number of hydrogen-bond acceptors (Lipinski definition) is 6. The fraction of sp³-hybridized carbons (Fsp3) is 0.0476. The fourth-order valence-electron chi connectivity index (χ4n) is 3.05. The van der Waals surface area contributed by atoms with Crippen LogP contribution in [-0.2, 0) is 11.0 Å². The number of imide groups is 1. The molecule has 0 atom stereocenters. The minimum absolute atomic E-state index is 0.0662. The van der Waals surface area contributed by atoms with Gasteiger partial charge in [0.2, 0.25) is 0 Å². The molecule has 2 aromatic carbocycles. The number of carbonyl (C=O) groups is 2. The Morgan fingerprint density at radius 3 is 2.55 bits per heavy atom. The number of halogens is 4. The number of nitrogens with zero attached hydrogens (tertiary/aromatic N) is 2. The zero-order chi connectivity index (χ0) is 23.9. The second-order valence-corrected chi connectivity index (χ2v) is 8.09. The Bertz CT molecular complexity index is 1340. The number of non-ortho nitro benzene ring substituents is 1. The van der Waals surface area contributed by atoms with Crippen LogP contribution in [0.3, 0.4) is 0 Å². The quantitative estimate of drug-likeness (QED) is 0.226. The SMILES string of the molecule is O=C1S/C(=C/c2ccc(-c3cccc([N+](=O)[O-])c3)o2)C(=O)N1c1ccc(Cl)c(C(F)(F)F)c1. The second kappa shape index (κ2) is 8.41. The Morgan fingerprint density at radius 1 is 1.09 bits per heavy atom. The van der Waals surface area contributed by atoms with E-state index in [4.69, 9.17) is 16.0 Å². The average Bonchev–Trinajstić information content (AvgIpc) is 3.32. The molecule has 3 aromatic rings. The molecule has 1 aromatic heterocycles. The van der Waals surface area contributed by atoms with Crippen molar-refractivity contribution in [2.24, 2.45) is 0 Å². The van der Waals surface area contributed by atoms with Gasteiger partial charge in [0.05, 0.1) is 26.1 Å². The van der Waals surface area contributed by atoms with Gasteiger partial charge in [-0.05, 0) is 42.1 Å². The number of nitro groups is 1. The van der Waals surface area contributed by atoms with Crippen LogP contribution in [0, 0.1) is 10.1 Å². The van der Waals surface area contributed by atoms with E-state index in [2.05, 4.69) is 0 Å². The van der Waals surface area contributed by atoms with Gasteiger partial charge in [-0.1, -0.05) is 23.7 Å². The van der Waals surface area contributed by atoms with Crippen LogP contribution in [-0.4, -0.2) is 16.1 Å². The maximum absolute atomic E-state index is 13.1. The molecule has 33 heavy (non-hydrogen) atoms. The highest BCUT2D eigenvalue weighted by atomic mass is 35.5. The molecule has 168 valence electrons. The largest absolute Gasteiger partial charge is 0.457 e. The lowest BCUT2D eigenvalue weighted by Gasteiger charge is -2.16. The zero-order valence-electron chi connectivity index (χ0n) is 16.1. The Hall–Kier alpha value is -3.57. The van der Waals surface area contributed by atoms with Crippen molar-refractivity contribution in [3.05, 3.63) is 86.0 Å². The Balaban J connectivity index is 1.62. The first kappa shape index (κ1) is 22.6. The van der Waals surface area contributed by atoms with Crippen LogP contribution in [0.2, 0.25) is 5.02 Å². The summed E-state index contributed by atoms with van der Waals surface area (Å²) >= 11 is 6.14. The molecule has 0 aliphatic carbocycles. The molecule has 1 aliphatic heterocycles. The predicted molar refractivity (Wildman–Crippen MR) is 116 cm³/mol. The standard InChI is InChI=1S/C21H10ClF3N2O5S/c22-16-6-4-12(9-15(16)21(23,24)25)26-19(28)18(33-20(26)29)10-14-5-7-17(32-14)11-2-1-3-13(8-11)27(30)31/h1-10H/b18-10+. The van der Waals surface area contributed by atoms with Crippen molar-refractivity contribution in [2.75, 3.05) is 4.90 Å². The number of amides is 2. The summed E-state index contributed by atoms with van der Waals surface area (Å²) in [7, 11) is 0. The molecule has 1 saturated heterocycles. The maximum atomic E-state index is 13.1. The summed E-state index contributed by atoms with van der Waals surface area (Å²) in [6.45, 7) is 0. The third kappa shape index (κ3) is 4.50. The molecule has 0 unspecified atom stereocenters. The van der Waals surface area contributed by atoms with Crippen molar-refractivity contribution in [1.29, 1.82) is 0 Å².